The third kappa shape index (κ3) is 2.45. The van der Waals surface area contributed by atoms with Gasteiger partial charge in [0.2, 0.25) is 0 Å². The lowest BCUT2D eigenvalue weighted by molar-refractivity contribution is -0.225. The Balaban J connectivity index is 1.51. The fourth-order valence-electron chi connectivity index (χ4n) is 11.7. The van der Waals surface area contributed by atoms with Crippen LogP contribution in [0.1, 0.15) is 119 Å². The van der Waals surface area contributed by atoms with E-state index in [9.17, 15) is 4.79 Å². The van der Waals surface area contributed by atoms with Crippen molar-refractivity contribution >= 4 is 5.78 Å². The Morgan fingerprint density at radius 1 is 0.633 bits per heavy atom. The van der Waals surface area contributed by atoms with E-state index >= 15 is 0 Å². The van der Waals surface area contributed by atoms with Crippen molar-refractivity contribution in [3.8, 4) is 0 Å². The van der Waals surface area contributed by atoms with Crippen LogP contribution in [0.25, 0.3) is 0 Å². The second kappa shape index (κ2) is 6.38. The van der Waals surface area contributed by atoms with Crippen LogP contribution in [0, 0.1) is 56.7 Å². The summed E-state index contributed by atoms with van der Waals surface area (Å²) >= 11 is 0. The smallest absolute Gasteiger partial charge is 0.133 e. The van der Waals surface area contributed by atoms with Gasteiger partial charge in [0.25, 0.3) is 0 Å². The van der Waals surface area contributed by atoms with Crippen LogP contribution in [-0.2, 0) is 4.79 Å². The molecule has 5 rings (SSSR count). The summed E-state index contributed by atoms with van der Waals surface area (Å²) in [4.78, 5) is 12.5. The van der Waals surface area contributed by atoms with Gasteiger partial charge in [0, 0.05) is 5.92 Å². The number of carbonyl (C=O) groups excluding carboxylic acids is 1. The van der Waals surface area contributed by atoms with Crippen molar-refractivity contribution in [3.63, 3.8) is 0 Å². The molecule has 0 aromatic carbocycles. The summed E-state index contributed by atoms with van der Waals surface area (Å²) < 4.78 is 0. The molecule has 5 saturated carbocycles. The summed E-state index contributed by atoms with van der Waals surface area (Å²) in [5.74, 6) is 4.32. The highest BCUT2D eigenvalue weighted by Gasteiger charge is 2.69. The van der Waals surface area contributed by atoms with Crippen molar-refractivity contribution in [1.82, 2.24) is 0 Å². The molecule has 0 heterocycles. The van der Waals surface area contributed by atoms with Crippen LogP contribution in [0.3, 0.4) is 0 Å². The van der Waals surface area contributed by atoms with Crippen molar-refractivity contribution in [2.45, 2.75) is 119 Å². The van der Waals surface area contributed by atoms with Gasteiger partial charge < -0.3 is 0 Å². The molecular weight excluding hydrogens is 364 g/mol. The Kier molecular flexibility index (Phi) is 4.57. The van der Waals surface area contributed by atoms with Crippen LogP contribution >= 0.6 is 0 Å². The van der Waals surface area contributed by atoms with Crippen LogP contribution < -0.4 is 0 Å². The number of carbonyl (C=O) groups is 1. The number of rotatable bonds is 1. The van der Waals surface area contributed by atoms with E-state index in [-0.39, 0.29) is 5.41 Å². The molecule has 30 heavy (non-hydrogen) atoms. The Morgan fingerprint density at radius 2 is 1.33 bits per heavy atom. The maximum atomic E-state index is 12.5. The molecule has 9 atom stereocenters. The van der Waals surface area contributed by atoms with Gasteiger partial charge in [0.15, 0.2) is 0 Å². The van der Waals surface area contributed by atoms with Gasteiger partial charge in [-0.05, 0) is 122 Å². The minimum atomic E-state index is 0.265. The zero-order chi connectivity index (χ0) is 21.7. The van der Waals surface area contributed by atoms with Crippen LogP contribution in [0.4, 0.5) is 0 Å². The fraction of sp³-hybridized carbons (Fsp3) is 0.966. The lowest BCUT2D eigenvalue weighted by Crippen LogP contribution is -2.64. The van der Waals surface area contributed by atoms with Gasteiger partial charge in [0.1, 0.15) is 5.78 Å². The molecule has 0 spiro atoms. The summed E-state index contributed by atoms with van der Waals surface area (Å²) in [7, 11) is 0. The van der Waals surface area contributed by atoms with Crippen molar-refractivity contribution in [2.24, 2.45) is 56.7 Å². The van der Waals surface area contributed by atoms with E-state index < -0.39 is 0 Å². The Bertz CT molecular complexity index is 737. The number of fused-ring (bicyclic) bond motifs is 7. The zero-order valence-corrected chi connectivity index (χ0v) is 21.1. The van der Waals surface area contributed by atoms with Crippen molar-refractivity contribution in [1.29, 1.82) is 0 Å². The summed E-state index contributed by atoms with van der Waals surface area (Å²) in [6, 6.07) is 0. The molecule has 0 radical (unpaired) electrons. The number of hydrogen-bond donors (Lipinski definition) is 0. The highest BCUT2D eigenvalue weighted by molar-refractivity contribution is 5.79. The minimum Gasteiger partial charge on any atom is -0.300 e. The molecule has 0 N–H and O–H groups in total. The van der Waals surface area contributed by atoms with E-state index in [1.807, 2.05) is 6.92 Å². The summed E-state index contributed by atoms with van der Waals surface area (Å²) in [5.41, 5.74) is 2.26. The monoisotopic (exact) mass is 412 g/mol. The van der Waals surface area contributed by atoms with E-state index in [0.29, 0.717) is 33.4 Å². The normalized spacial score (nSPS) is 57.0. The molecule has 5 aliphatic rings. The second-order valence-electron chi connectivity index (χ2n) is 14.4. The van der Waals surface area contributed by atoms with E-state index in [4.69, 9.17) is 0 Å². The lowest BCUT2D eigenvalue weighted by Gasteiger charge is -2.71. The van der Waals surface area contributed by atoms with Gasteiger partial charge in [-0.3, -0.25) is 4.79 Å². The third-order valence-corrected chi connectivity index (χ3v) is 13.3. The van der Waals surface area contributed by atoms with Gasteiger partial charge in [-0.2, -0.15) is 0 Å². The van der Waals surface area contributed by atoms with Gasteiger partial charge in [-0.15, -0.1) is 0 Å². The number of Topliss-reactive ketones (excluding diaryl/α,β-unsaturated/α-hetero) is 1. The van der Waals surface area contributed by atoms with Gasteiger partial charge in [-0.1, -0.05) is 48.0 Å². The molecule has 0 saturated heterocycles. The molecular formula is C29H48O. The molecule has 0 aliphatic heterocycles. The Hall–Kier alpha value is -0.330. The van der Waals surface area contributed by atoms with E-state index in [1.165, 1.54) is 64.2 Å². The maximum Gasteiger partial charge on any atom is 0.133 e. The molecule has 0 aromatic rings. The van der Waals surface area contributed by atoms with E-state index in [1.54, 1.807) is 0 Å². The van der Waals surface area contributed by atoms with Crippen LogP contribution in [0.5, 0.6) is 0 Å². The van der Waals surface area contributed by atoms with Crippen molar-refractivity contribution < 1.29 is 4.79 Å². The Labute approximate surface area is 186 Å². The highest BCUT2D eigenvalue weighted by atomic mass is 16.1. The first kappa shape index (κ1) is 21.5. The second-order valence-corrected chi connectivity index (χ2v) is 14.4. The Morgan fingerprint density at radius 3 is 2.03 bits per heavy atom. The third-order valence-electron chi connectivity index (χ3n) is 13.3. The van der Waals surface area contributed by atoms with Crippen LogP contribution in [-0.4, -0.2) is 5.78 Å². The lowest BCUT2D eigenvalue weighted by atomic mass is 9.33. The SMILES string of the molecule is CC(=O)[C@H]1CC[C@@H]2[C@]1(C)CC[C@]1(C)[C@@H]3CC[C@H]4C(C)(C)CCC[C@]4(C)[C@H]3CC[C@@]21C. The average Bonchev–Trinajstić information content (AvgIpc) is 3.01. The summed E-state index contributed by atoms with van der Waals surface area (Å²) in [5, 5.41) is 0. The highest BCUT2D eigenvalue weighted by Crippen LogP contribution is 2.77. The summed E-state index contributed by atoms with van der Waals surface area (Å²) in [6.07, 6.45) is 15.3. The fourth-order valence-corrected chi connectivity index (χ4v) is 11.7. The number of hydrogen-bond acceptors (Lipinski definition) is 1. The topological polar surface area (TPSA) is 17.1 Å². The largest absolute Gasteiger partial charge is 0.300 e. The van der Waals surface area contributed by atoms with E-state index in [0.717, 1.165) is 30.1 Å². The first-order chi connectivity index (χ1) is 13.9. The molecule has 170 valence electrons. The predicted molar refractivity (Wildman–Crippen MR) is 125 cm³/mol. The minimum absolute atomic E-state index is 0.265. The zero-order valence-electron chi connectivity index (χ0n) is 21.1. The van der Waals surface area contributed by atoms with Gasteiger partial charge in [-0.25, -0.2) is 0 Å². The molecule has 0 unspecified atom stereocenters. The van der Waals surface area contributed by atoms with Crippen molar-refractivity contribution in [2.75, 3.05) is 0 Å². The maximum absolute atomic E-state index is 12.5. The van der Waals surface area contributed by atoms with Gasteiger partial charge >= 0.3 is 0 Å². The van der Waals surface area contributed by atoms with Crippen LogP contribution in [0.2, 0.25) is 0 Å². The molecule has 5 fully saturated rings. The molecule has 5 aliphatic carbocycles. The molecule has 1 nitrogen and oxygen atoms in total. The molecule has 0 bridgehead atoms. The molecule has 0 aromatic heterocycles. The first-order valence-electron chi connectivity index (χ1n) is 13.4. The van der Waals surface area contributed by atoms with Gasteiger partial charge in [0.05, 0.1) is 0 Å². The quantitative estimate of drug-likeness (QED) is 0.425. The van der Waals surface area contributed by atoms with E-state index in [2.05, 4.69) is 41.5 Å². The standard InChI is InChI=1S/C29H48O/c1-19(30)20-9-12-24-27(20,5)17-18-28(6)22-10-11-23-25(2,3)14-8-15-26(23,4)21(22)13-16-29(24,28)7/h20-24H,8-18H2,1-7H3/t20-,21+,22-,23+,24-,26-,27-,28-,29+/m1/s1. The van der Waals surface area contributed by atoms with Crippen molar-refractivity contribution in [3.05, 3.63) is 0 Å². The van der Waals surface area contributed by atoms with Crippen LogP contribution in [0.15, 0.2) is 0 Å². The average molecular weight is 413 g/mol. The molecule has 1 heteroatoms. The number of ketones is 1. The summed E-state index contributed by atoms with van der Waals surface area (Å²) in [6.45, 7) is 17.7. The predicted octanol–water partition coefficient (Wildman–Crippen LogP) is 8.07. The molecule has 0 amide bonds. The first-order valence-corrected chi connectivity index (χ1v) is 13.4.